The first-order valence-corrected chi connectivity index (χ1v) is 17.7. The molecule has 0 amide bonds. The third kappa shape index (κ3) is 6.32. The Labute approximate surface area is 290 Å². The van der Waals surface area contributed by atoms with Crippen molar-refractivity contribution in [2.45, 2.75) is 29.7 Å². The van der Waals surface area contributed by atoms with Gasteiger partial charge in [-0.1, -0.05) is 48.5 Å². The van der Waals surface area contributed by atoms with Gasteiger partial charge in [-0.3, -0.25) is 4.79 Å². The maximum absolute atomic E-state index is 14.1. The first-order valence-electron chi connectivity index (χ1n) is 13.1. The molecule has 44 heavy (non-hydrogen) atoms. The van der Waals surface area contributed by atoms with E-state index in [-0.39, 0.29) is 12.5 Å². The number of rotatable bonds is 9. The zero-order chi connectivity index (χ0) is 32.2. The molecule has 0 aromatic heterocycles. The fourth-order valence-corrected chi connectivity index (χ4v) is 10.7. The number of benzene rings is 3. The quantitative estimate of drug-likeness (QED) is 0.0948. The largest absolute Gasteiger partial charge is 0.743 e. The number of hydrogen-bond donors (Lipinski definition) is 0. The summed E-state index contributed by atoms with van der Waals surface area (Å²) in [6.45, 7) is -1.14. The molecule has 236 valence electrons. The lowest BCUT2D eigenvalue weighted by Gasteiger charge is -2.49. The summed E-state index contributed by atoms with van der Waals surface area (Å²) >= 11 is 6.48. The molecule has 0 heterocycles. The Bertz CT molecular complexity index is 1630. The highest BCUT2D eigenvalue weighted by Crippen LogP contribution is 2.58. The van der Waals surface area contributed by atoms with Crippen LogP contribution in [-0.2, 0) is 19.6 Å². The van der Waals surface area contributed by atoms with E-state index in [1.807, 2.05) is 60.7 Å². The number of alkyl halides is 5. The molecule has 3 unspecified atom stereocenters. The van der Waals surface area contributed by atoms with Crippen LogP contribution in [0.15, 0.2) is 60.7 Å². The first kappa shape index (κ1) is 34.0. The van der Waals surface area contributed by atoms with Crippen LogP contribution in [0.2, 0.25) is 0 Å². The molecule has 0 N–H and O–H groups in total. The van der Waals surface area contributed by atoms with Gasteiger partial charge in [-0.2, -0.15) is 22.0 Å². The van der Waals surface area contributed by atoms with E-state index < -0.39 is 64.2 Å². The maximum Gasteiger partial charge on any atom is 0.398 e. The van der Waals surface area contributed by atoms with Crippen molar-refractivity contribution in [1.29, 1.82) is 0 Å². The van der Waals surface area contributed by atoms with Gasteiger partial charge in [-0.15, -0.1) is 0 Å². The second-order valence-corrected chi connectivity index (χ2v) is 15.5. The van der Waals surface area contributed by atoms with Gasteiger partial charge in [0.1, 0.15) is 11.7 Å². The molecule has 0 saturated carbocycles. The average Bonchev–Trinajstić information content (AvgIpc) is 2.93. The monoisotopic (exact) mass is 973 g/mol. The summed E-state index contributed by atoms with van der Waals surface area (Å²) in [5.74, 6) is -6.59. The van der Waals surface area contributed by atoms with Crippen molar-refractivity contribution in [2.24, 2.45) is 17.8 Å². The predicted molar refractivity (Wildman–Crippen MR) is 173 cm³/mol. The summed E-state index contributed by atoms with van der Waals surface area (Å²) in [7, 11) is -6.64. The predicted octanol–water partition coefficient (Wildman–Crippen LogP) is 7.65. The van der Waals surface area contributed by atoms with Gasteiger partial charge in [-0.05, 0) is 109 Å². The molecule has 3 aromatic carbocycles. The molecule has 2 bridgehead atoms. The van der Waals surface area contributed by atoms with Crippen LogP contribution in [0.3, 0.4) is 0 Å². The molecule has 0 fully saturated rings. The van der Waals surface area contributed by atoms with Crippen molar-refractivity contribution in [3.63, 3.8) is 0 Å². The summed E-state index contributed by atoms with van der Waals surface area (Å²) in [6.07, 6.45) is -7.36. The molecule has 15 heteroatoms. The molecule has 0 radical (unpaired) electrons. The van der Waals surface area contributed by atoms with Gasteiger partial charge in [0.05, 0.1) is 26.3 Å². The van der Waals surface area contributed by atoms with Crippen LogP contribution in [0.1, 0.15) is 40.5 Å². The van der Waals surface area contributed by atoms with E-state index in [1.54, 1.807) is 0 Å². The Morgan fingerprint density at radius 1 is 0.864 bits per heavy atom. The van der Waals surface area contributed by atoms with Gasteiger partial charge in [0.15, 0.2) is 10.1 Å². The van der Waals surface area contributed by atoms with E-state index in [1.165, 1.54) is 0 Å². The summed E-state index contributed by atoms with van der Waals surface area (Å²) in [5.41, 5.74) is 3.62. The van der Waals surface area contributed by atoms with E-state index in [4.69, 9.17) is 9.47 Å². The van der Waals surface area contributed by atoms with Crippen molar-refractivity contribution in [3.8, 4) is 5.75 Å². The van der Waals surface area contributed by atoms with Crippen LogP contribution >= 0.6 is 67.8 Å². The van der Waals surface area contributed by atoms with Crippen molar-refractivity contribution >= 4 is 83.9 Å². The normalized spacial score (nSPS) is 21.8. The molecular formula is C29H21F5I3O6S-. The van der Waals surface area contributed by atoms with Gasteiger partial charge in [0.2, 0.25) is 0 Å². The number of carbonyl (C=O) groups is 1. The van der Waals surface area contributed by atoms with E-state index >= 15 is 0 Å². The smallest absolute Gasteiger partial charge is 0.398 e. The van der Waals surface area contributed by atoms with Crippen LogP contribution in [0.4, 0.5) is 22.0 Å². The number of carbonyl (C=O) groups excluding carboxylic acids is 1. The van der Waals surface area contributed by atoms with Crippen LogP contribution in [0, 0.1) is 28.5 Å². The maximum atomic E-state index is 14.1. The van der Waals surface area contributed by atoms with Crippen molar-refractivity contribution < 1.29 is 49.2 Å². The standard InChI is InChI=1S/C29H22F5I3O6S/c30-28(31,32)22(29(33,34)44(39,40)41)9-10-42-27(38)25-19(13-43-26-20(36)11-14(35)12-21(26)37)23-15-5-1-3-7-17(15)24(25)18-8-4-2-6-16(18)23/h1-8,11-12,19,22-25H,9-10,13H2,(H,39,40,41)/p-1. The summed E-state index contributed by atoms with van der Waals surface area (Å²) < 4.78 is 116. The lowest BCUT2D eigenvalue weighted by atomic mass is 9.54. The van der Waals surface area contributed by atoms with Gasteiger partial charge in [-0.25, -0.2) is 8.42 Å². The van der Waals surface area contributed by atoms with Crippen molar-refractivity contribution in [1.82, 2.24) is 0 Å². The zero-order valence-corrected chi connectivity index (χ0v) is 29.5. The molecule has 6 rings (SSSR count). The van der Waals surface area contributed by atoms with Gasteiger partial charge in [0, 0.05) is 21.3 Å². The lowest BCUT2D eigenvalue weighted by molar-refractivity contribution is -0.223. The Morgan fingerprint density at radius 2 is 1.34 bits per heavy atom. The fraction of sp³-hybridized carbons (Fsp3) is 0.345. The molecule has 0 aliphatic heterocycles. The highest BCUT2D eigenvalue weighted by molar-refractivity contribution is 14.1. The Balaban J connectivity index is 1.48. The van der Waals surface area contributed by atoms with E-state index in [2.05, 4.69) is 67.8 Å². The topological polar surface area (TPSA) is 92.7 Å². The van der Waals surface area contributed by atoms with Gasteiger partial charge in [0.25, 0.3) is 0 Å². The molecule has 3 aliphatic carbocycles. The Kier molecular flexibility index (Phi) is 9.83. The number of esters is 1. The first-order chi connectivity index (χ1) is 20.5. The molecule has 3 atom stereocenters. The van der Waals surface area contributed by atoms with Gasteiger partial charge < -0.3 is 14.0 Å². The average molecular weight is 973 g/mol. The number of ether oxygens (including phenoxy) is 2. The number of halogens is 8. The zero-order valence-electron chi connectivity index (χ0n) is 22.2. The molecular weight excluding hydrogens is 952 g/mol. The molecule has 0 spiro atoms. The van der Waals surface area contributed by atoms with E-state index in [0.29, 0.717) is 5.75 Å². The third-order valence-electron chi connectivity index (χ3n) is 8.02. The second kappa shape index (κ2) is 12.7. The van der Waals surface area contributed by atoms with Crippen LogP contribution in [0.5, 0.6) is 5.75 Å². The minimum atomic E-state index is -6.64. The summed E-state index contributed by atoms with van der Waals surface area (Å²) in [6, 6.07) is 18.9. The lowest BCUT2D eigenvalue weighted by Crippen LogP contribution is -2.47. The van der Waals surface area contributed by atoms with Crippen LogP contribution in [0.25, 0.3) is 0 Å². The van der Waals surface area contributed by atoms with E-state index in [9.17, 15) is 39.7 Å². The van der Waals surface area contributed by atoms with Crippen LogP contribution in [-0.4, -0.2) is 43.6 Å². The van der Waals surface area contributed by atoms with Crippen molar-refractivity contribution in [3.05, 3.63) is 93.6 Å². The highest BCUT2D eigenvalue weighted by atomic mass is 127. The minimum absolute atomic E-state index is 0.0356. The summed E-state index contributed by atoms with van der Waals surface area (Å²) in [4.78, 5) is 13.8. The third-order valence-corrected chi connectivity index (χ3v) is 11.2. The minimum Gasteiger partial charge on any atom is -0.743 e. The van der Waals surface area contributed by atoms with Crippen LogP contribution < -0.4 is 4.74 Å². The SMILES string of the molecule is O=C(OCCC(C(F)(F)F)C(F)(F)S(=O)(=O)[O-])C1C2c3ccccc3C(c3ccccc32)C1COc1c(I)cc(I)cc1I. The van der Waals surface area contributed by atoms with E-state index in [0.717, 1.165) is 33.0 Å². The molecule has 6 nitrogen and oxygen atoms in total. The Hall–Kier alpha value is -1.32. The van der Waals surface area contributed by atoms with Crippen molar-refractivity contribution in [2.75, 3.05) is 13.2 Å². The second-order valence-electron chi connectivity index (χ2n) is 10.5. The van der Waals surface area contributed by atoms with Gasteiger partial charge >= 0.3 is 17.4 Å². The summed E-state index contributed by atoms with van der Waals surface area (Å²) in [5, 5.41) is -5.64. The molecule has 3 aliphatic rings. The number of fused-ring (bicyclic) bond motifs is 1. The molecule has 0 saturated heterocycles. The Morgan fingerprint density at radius 3 is 1.80 bits per heavy atom. The highest BCUT2D eigenvalue weighted by Gasteiger charge is 2.60. The molecule has 3 aromatic rings. The fourth-order valence-electron chi connectivity index (χ4n) is 6.22. The number of hydrogen-bond acceptors (Lipinski definition) is 6.